The minimum absolute atomic E-state index is 0.129. The van der Waals surface area contributed by atoms with E-state index in [1.54, 1.807) is 60.7 Å². The lowest BCUT2D eigenvalue weighted by molar-refractivity contribution is 0.0162. The Labute approximate surface area is 364 Å². The standard InChI is InChI=1S/C50H32N6O4S2/c51-23-27(24-52)41-29-11-3-5-13-31(29)43(57)35(41)21-39-55-47-45(61-39)33-20-38-34(19-37(33)49(59-47)15-7-1-8-16-49)46-48(60-50(38)17-9-2-10-18-50)56-40(62-46)22-36-42(28(25-53)26-54)30-12-4-6-14-32(30)44(36)58/h3-6,11-14,19-22H,1-2,7-10,15-18H2/b35-21-,36-22-. The Morgan fingerprint density at radius 3 is 1.29 bits per heavy atom. The van der Waals surface area contributed by atoms with Crippen LogP contribution in [0, 0.1) is 45.3 Å². The van der Waals surface area contributed by atoms with Crippen molar-refractivity contribution in [2.24, 2.45) is 0 Å². The van der Waals surface area contributed by atoms with E-state index in [-0.39, 0.29) is 33.9 Å². The number of ketones is 2. The molecular formula is C50H32N6O4S2. The first kappa shape index (κ1) is 37.8. The van der Waals surface area contributed by atoms with Crippen LogP contribution in [0.1, 0.15) is 117 Å². The van der Waals surface area contributed by atoms with Gasteiger partial charge in [0.05, 0.1) is 9.75 Å². The van der Waals surface area contributed by atoms with Gasteiger partial charge in [0, 0.05) is 55.7 Å². The first-order valence-corrected chi connectivity index (χ1v) is 22.3. The highest BCUT2D eigenvalue weighted by Gasteiger charge is 2.49. The highest BCUT2D eigenvalue weighted by Crippen LogP contribution is 2.59. The molecule has 62 heavy (non-hydrogen) atoms. The predicted octanol–water partition coefficient (Wildman–Crippen LogP) is 11.2. The van der Waals surface area contributed by atoms with Crippen molar-refractivity contribution in [3.05, 3.63) is 126 Å². The molecular weight excluding hydrogens is 813 g/mol. The summed E-state index contributed by atoms with van der Waals surface area (Å²) in [5.74, 6) is 0.490. The van der Waals surface area contributed by atoms with E-state index in [1.807, 2.05) is 24.3 Å². The maximum atomic E-state index is 13.9. The summed E-state index contributed by atoms with van der Waals surface area (Å²) < 4.78 is 14.1. The molecule has 2 aromatic heterocycles. The molecule has 12 heteroatoms. The third kappa shape index (κ3) is 5.47. The molecule has 0 radical (unpaired) electrons. The van der Waals surface area contributed by atoms with Gasteiger partial charge in [0.25, 0.3) is 0 Å². The second-order valence-electron chi connectivity index (χ2n) is 16.4. The lowest BCUT2D eigenvalue weighted by atomic mass is 9.71. The van der Waals surface area contributed by atoms with Gasteiger partial charge in [-0.05, 0) is 86.8 Å². The van der Waals surface area contributed by atoms with Crippen molar-refractivity contribution in [3.63, 3.8) is 0 Å². The molecule has 4 heterocycles. The van der Waals surface area contributed by atoms with E-state index >= 15 is 0 Å². The van der Waals surface area contributed by atoms with Crippen molar-refractivity contribution in [1.29, 1.82) is 21.0 Å². The zero-order chi connectivity index (χ0) is 42.3. The van der Waals surface area contributed by atoms with E-state index in [0.29, 0.717) is 55.2 Å². The molecule has 2 saturated carbocycles. The third-order valence-electron chi connectivity index (χ3n) is 13.2. The Morgan fingerprint density at radius 1 is 0.548 bits per heavy atom. The molecule has 3 aromatic carbocycles. The number of aromatic nitrogens is 2. The minimum atomic E-state index is -0.645. The number of carbonyl (C=O) groups excluding carboxylic acids is 2. The first-order valence-electron chi connectivity index (χ1n) is 20.7. The topological polar surface area (TPSA) is 174 Å². The number of rotatable bonds is 2. The quantitative estimate of drug-likeness (QED) is 0.123. The molecule has 6 aliphatic rings. The normalized spacial score (nSPS) is 19.5. The Kier molecular flexibility index (Phi) is 8.64. The number of Topliss-reactive ketones (excluding diaryl/α,β-unsaturated/α-hetero) is 2. The summed E-state index contributed by atoms with van der Waals surface area (Å²) in [5.41, 5.74) is 5.79. The molecule has 0 unspecified atom stereocenters. The van der Waals surface area contributed by atoms with Gasteiger partial charge in [-0.25, -0.2) is 9.97 Å². The highest BCUT2D eigenvalue weighted by molar-refractivity contribution is 7.16. The number of allylic oxidation sites excluding steroid dienone is 6. The zero-order valence-electron chi connectivity index (χ0n) is 33.1. The second-order valence-corrected chi connectivity index (χ2v) is 18.5. The van der Waals surface area contributed by atoms with Crippen LogP contribution in [0.4, 0.5) is 0 Å². The van der Waals surface area contributed by atoms with Gasteiger partial charge in [-0.15, -0.1) is 22.7 Å². The van der Waals surface area contributed by atoms with Crippen LogP contribution in [0.2, 0.25) is 0 Å². The van der Waals surface area contributed by atoms with Crippen molar-refractivity contribution in [2.75, 3.05) is 0 Å². The van der Waals surface area contributed by atoms with Crippen molar-refractivity contribution in [1.82, 2.24) is 9.97 Å². The van der Waals surface area contributed by atoms with Crippen LogP contribution in [-0.4, -0.2) is 21.5 Å². The molecule has 298 valence electrons. The molecule has 0 amide bonds. The molecule has 4 aliphatic carbocycles. The zero-order valence-corrected chi connectivity index (χ0v) is 34.8. The SMILES string of the molecule is N#CC(C#N)=C1/C(=C/c2nc3c(s2)-c2cc4c(cc2C2(CCCCC2)O3)-c2sc(/C=C3\C(=O)c5ccccc5C3=C(C#N)C#N)nc2OC42CCCCC2)C(=O)c2ccccc21. The first-order chi connectivity index (χ1) is 30.3. The van der Waals surface area contributed by atoms with Gasteiger partial charge >= 0.3 is 0 Å². The van der Waals surface area contributed by atoms with E-state index < -0.39 is 11.2 Å². The van der Waals surface area contributed by atoms with E-state index in [2.05, 4.69) is 12.1 Å². The second kappa shape index (κ2) is 14.2. The summed E-state index contributed by atoms with van der Waals surface area (Å²) in [7, 11) is 0. The van der Waals surface area contributed by atoms with Gasteiger partial charge in [0.2, 0.25) is 11.8 Å². The molecule has 10 nitrogen and oxygen atoms in total. The van der Waals surface area contributed by atoms with Gasteiger partial charge in [-0.1, -0.05) is 61.4 Å². The molecule has 5 aromatic rings. The van der Waals surface area contributed by atoms with Crippen molar-refractivity contribution in [3.8, 4) is 56.9 Å². The molecule has 0 atom stereocenters. The number of hydrogen-bond donors (Lipinski definition) is 0. The van der Waals surface area contributed by atoms with Gasteiger partial charge in [0.1, 0.15) is 56.6 Å². The Hall–Kier alpha value is -7.22. The molecule has 2 aliphatic heterocycles. The summed E-state index contributed by atoms with van der Waals surface area (Å²) in [6, 6.07) is 26.6. The van der Waals surface area contributed by atoms with Crippen molar-refractivity contribution in [2.45, 2.75) is 75.4 Å². The Balaban J connectivity index is 1.08. The molecule has 0 bridgehead atoms. The smallest absolute Gasteiger partial charge is 0.234 e. The van der Waals surface area contributed by atoms with E-state index in [4.69, 9.17) is 19.4 Å². The fraction of sp³-hybridized carbons (Fsp3) is 0.240. The highest BCUT2D eigenvalue weighted by atomic mass is 32.1. The van der Waals surface area contributed by atoms with Gasteiger partial charge in [-0.3, -0.25) is 9.59 Å². The van der Waals surface area contributed by atoms with Crippen LogP contribution < -0.4 is 9.47 Å². The lowest BCUT2D eigenvalue weighted by Crippen LogP contribution is -2.40. The van der Waals surface area contributed by atoms with E-state index in [1.165, 1.54) is 22.7 Å². The van der Waals surface area contributed by atoms with Crippen LogP contribution in [0.5, 0.6) is 11.8 Å². The lowest BCUT2D eigenvalue weighted by Gasteiger charge is -2.45. The summed E-state index contributed by atoms with van der Waals surface area (Å²) in [4.78, 5) is 39.5. The monoisotopic (exact) mass is 844 g/mol. The number of fused-ring (bicyclic) bond motifs is 10. The maximum absolute atomic E-state index is 13.9. The van der Waals surface area contributed by atoms with Crippen molar-refractivity contribution < 1.29 is 19.1 Å². The number of nitrogens with zero attached hydrogens (tertiary/aromatic N) is 6. The van der Waals surface area contributed by atoms with E-state index in [0.717, 1.165) is 96.2 Å². The average molecular weight is 845 g/mol. The number of thiazole rings is 2. The average Bonchev–Trinajstić information content (AvgIpc) is 4.04. The Morgan fingerprint density at radius 2 is 0.919 bits per heavy atom. The molecule has 11 rings (SSSR count). The van der Waals surface area contributed by atoms with Crippen molar-refractivity contribution >= 4 is 57.5 Å². The maximum Gasteiger partial charge on any atom is 0.234 e. The van der Waals surface area contributed by atoms with Gasteiger partial charge < -0.3 is 9.47 Å². The number of ether oxygens (including phenoxy) is 2. The minimum Gasteiger partial charge on any atom is -0.465 e. The van der Waals surface area contributed by atoms with Crippen LogP contribution in [-0.2, 0) is 11.2 Å². The molecule has 0 saturated heterocycles. The predicted molar refractivity (Wildman–Crippen MR) is 233 cm³/mol. The number of nitriles is 4. The molecule has 0 N–H and O–H groups in total. The van der Waals surface area contributed by atoms with Gasteiger partial charge in [0.15, 0.2) is 11.6 Å². The third-order valence-corrected chi connectivity index (χ3v) is 15.2. The number of carbonyl (C=O) groups is 2. The fourth-order valence-electron chi connectivity index (χ4n) is 10.4. The number of hydrogen-bond acceptors (Lipinski definition) is 12. The van der Waals surface area contributed by atoms with Crippen LogP contribution in [0.15, 0.2) is 83.0 Å². The summed E-state index contributed by atoms with van der Waals surface area (Å²) in [6.45, 7) is 0. The van der Waals surface area contributed by atoms with Crippen LogP contribution >= 0.6 is 22.7 Å². The molecule has 2 spiro atoms. The van der Waals surface area contributed by atoms with E-state index in [9.17, 15) is 30.6 Å². The summed E-state index contributed by atoms with van der Waals surface area (Å²) >= 11 is 2.85. The summed E-state index contributed by atoms with van der Waals surface area (Å²) in [6.07, 6.45) is 12.7. The van der Waals surface area contributed by atoms with Crippen LogP contribution in [0.3, 0.4) is 0 Å². The van der Waals surface area contributed by atoms with Gasteiger partial charge in [-0.2, -0.15) is 21.0 Å². The van der Waals surface area contributed by atoms with Crippen LogP contribution in [0.25, 0.3) is 44.2 Å². The Bertz CT molecular complexity index is 2950. The largest absolute Gasteiger partial charge is 0.465 e. The molecule has 2 fully saturated rings. The number of benzene rings is 3. The summed E-state index contributed by atoms with van der Waals surface area (Å²) in [5, 5.41) is 40.8. The fourth-order valence-corrected chi connectivity index (χ4v) is 12.3.